The number of hydrogen-bond acceptors (Lipinski definition) is 5. The van der Waals surface area contributed by atoms with E-state index in [2.05, 4.69) is 19.9 Å². The van der Waals surface area contributed by atoms with Gasteiger partial charge >= 0.3 is 0 Å². The first kappa shape index (κ1) is 16.0. The van der Waals surface area contributed by atoms with Crippen molar-refractivity contribution in [3.63, 3.8) is 0 Å². The first-order valence-corrected chi connectivity index (χ1v) is 9.16. The lowest BCUT2D eigenvalue weighted by atomic mass is 10.1. The fourth-order valence-corrected chi connectivity index (χ4v) is 4.10. The highest BCUT2D eigenvalue weighted by molar-refractivity contribution is 5.87. The second-order valence-corrected chi connectivity index (χ2v) is 7.11. The van der Waals surface area contributed by atoms with Gasteiger partial charge in [0.1, 0.15) is 17.7 Å². The molecule has 1 N–H and O–H groups in total. The molecule has 4 heterocycles. The molecule has 5 rings (SSSR count). The van der Waals surface area contributed by atoms with Crippen molar-refractivity contribution >= 4 is 27.8 Å². The van der Waals surface area contributed by atoms with Crippen LogP contribution >= 0.6 is 0 Å². The van der Waals surface area contributed by atoms with Crippen molar-refractivity contribution in [1.29, 1.82) is 0 Å². The molecule has 136 valence electrons. The quantitative estimate of drug-likeness (QED) is 0.595. The van der Waals surface area contributed by atoms with Gasteiger partial charge in [0.2, 0.25) is 0 Å². The largest absolute Gasteiger partial charge is 0.354 e. The lowest BCUT2D eigenvalue weighted by Crippen LogP contribution is -2.31. The van der Waals surface area contributed by atoms with Crippen LogP contribution in [0, 0.1) is 6.92 Å². The van der Waals surface area contributed by atoms with E-state index >= 15 is 0 Å². The van der Waals surface area contributed by atoms with Gasteiger partial charge in [-0.1, -0.05) is 12.1 Å². The number of para-hydroxylation sites is 1. The molecule has 27 heavy (non-hydrogen) atoms. The Labute approximate surface area is 155 Å². The van der Waals surface area contributed by atoms with Crippen LogP contribution in [0.2, 0.25) is 0 Å². The molecular weight excluding hydrogens is 340 g/mol. The highest BCUT2D eigenvalue weighted by Gasteiger charge is 2.32. The van der Waals surface area contributed by atoms with Gasteiger partial charge in [-0.2, -0.15) is 0 Å². The Bertz CT molecular complexity index is 1220. The summed E-state index contributed by atoms with van der Waals surface area (Å²) in [5, 5.41) is 0.651. The van der Waals surface area contributed by atoms with E-state index in [9.17, 15) is 4.79 Å². The normalized spacial score (nSPS) is 17.3. The Balaban J connectivity index is 1.68. The highest BCUT2D eigenvalue weighted by atomic mass is 16.1. The van der Waals surface area contributed by atoms with Crippen LogP contribution in [0.1, 0.15) is 30.4 Å². The average Bonchev–Trinajstić information content (AvgIpc) is 3.30. The number of fused-ring (bicyclic) bond motifs is 2. The first-order valence-electron chi connectivity index (χ1n) is 9.16. The minimum atomic E-state index is -0.00833. The lowest BCUT2D eigenvalue weighted by molar-refractivity contribution is 0.608. The van der Waals surface area contributed by atoms with E-state index in [4.69, 9.17) is 4.98 Å². The van der Waals surface area contributed by atoms with Crippen LogP contribution < -0.4 is 10.5 Å². The summed E-state index contributed by atoms with van der Waals surface area (Å²) in [4.78, 5) is 32.2. The van der Waals surface area contributed by atoms with E-state index in [1.807, 2.05) is 44.3 Å². The van der Waals surface area contributed by atoms with E-state index in [1.54, 1.807) is 10.9 Å². The molecule has 0 bridgehead atoms. The number of H-pyrrole nitrogens is 1. The number of aryl methyl sites for hydroxylation is 1. The standard InChI is InChI=1S/C20H20N6O/c1-12-10-15-17(23-12)19(22-11-21-15)26-9-5-8-16(26)18-24-14-7-4-3-6-13(14)20(27)25(18)2/h3-4,6-7,10-11,16,23H,5,8-9H2,1-2H3. The van der Waals surface area contributed by atoms with E-state index in [0.29, 0.717) is 5.39 Å². The molecule has 1 aromatic carbocycles. The van der Waals surface area contributed by atoms with Crippen molar-refractivity contribution in [2.45, 2.75) is 25.8 Å². The highest BCUT2D eigenvalue weighted by Crippen LogP contribution is 2.36. The monoisotopic (exact) mass is 360 g/mol. The summed E-state index contributed by atoms with van der Waals surface area (Å²) >= 11 is 0. The van der Waals surface area contributed by atoms with Crippen LogP contribution in [0.15, 0.2) is 41.5 Å². The molecule has 0 radical (unpaired) electrons. The molecule has 3 aromatic heterocycles. The minimum absolute atomic E-state index is 0.00833. The van der Waals surface area contributed by atoms with Crippen molar-refractivity contribution in [2.75, 3.05) is 11.4 Å². The molecule has 1 atom stereocenters. The SMILES string of the molecule is Cc1cc2ncnc(N3CCCC3c3nc4ccccc4c(=O)n3C)c2[nH]1. The molecule has 0 saturated carbocycles. The van der Waals surface area contributed by atoms with Crippen molar-refractivity contribution in [1.82, 2.24) is 24.5 Å². The molecule has 0 aliphatic carbocycles. The summed E-state index contributed by atoms with van der Waals surface area (Å²) in [6.45, 7) is 2.89. The fraction of sp³-hybridized carbons (Fsp3) is 0.300. The number of nitrogens with one attached hydrogen (secondary N) is 1. The Hall–Kier alpha value is -3.22. The van der Waals surface area contributed by atoms with Gasteiger partial charge in [0, 0.05) is 19.3 Å². The smallest absolute Gasteiger partial charge is 0.261 e. The van der Waals surface area contributed by atoms with Gasteiger partial charge < -0.3 is 9.88 Å². The van der Waals surface area contributed by atoms with Crippen LogP contribution in [-0.2, 0) is 7.05 Å². The summed E-state index contributed by atoms with van der Waals surface area (Å²) in [6.07, 6.45) is 3.57. The van der Waals surface area contributed by atoms with Gasteiger partial charge in [-0.05, 0) is 38.0 Å². The third-order valence-electron chi connectivity index (χ3n) is 5.37. The molecule has 4 aromatic rings. The third kappa shape index (κ3) is 2.42. The molecule has 0 amide bonds. The Morgan fingerprint density at radius 2 is 2.04 bits per heavy atom. The van der Waals surface area contributed by atoms with Gasteiger partial charge in [-0.15, -0.1) is 0 Å². The maximum absolute atomic E-state index is 12.8. The summed E-state index contributed by atoms with van der Waals surface area (Å²) in [5.74, 6) is 1.66. The molecule has 7 nitrogen and oxygen atoms in total. The van der Waals surface area contributed by atoms with Crippen LogP contribution in [0.4, 0.5) is 5.82 Å². The average molecular weight is 360 g/mol. The lowest BCUT2D eigenvalue weighted by Gasteiger charge is -2.27. The van der Waals surface area contributed by atoms with E-state index in [0.717, 1.165) is 53.3 Å². The number of nitrogens with zero attached hydrogens (tertiary/aromatic N) is 5. The summed E-state index contributed by atoms with van der Waals surface area (Å²) in [7, 11) is 1.81. The zero-order chi connectivity index (χ0) is 18.5. The predicted octanol–water partition coefficient (Wildman–Crippen LogP) is 2.85. The zero-order valence-corrected chi connectivity index (χ0v) is 15.3. The van der Waals surface area contributed by atoms with E-state index in [-0.39, 0.29) is 11.6 Å². The second kappa shape index (κ2) is 5.90. The Morgan fingerprint density at radius 1 is 1.19 bits per heavy atom. The summed E-state index contributed by atoms with van der Waals surface area (Å²) in [6, 6.07) is 9.55. The van der Waals surface area contributed by atoms with Crippen LogP contribution in [0.25, 0.3) is 21.9 Å². The van der Waals surface area contributed by atoms with Gasteiger partial charge in [-0.25, -0.2) is 15.0 Å². The first-order chi connectivity index (χ1) is 13.1. The number of hydrogen-bond donors (Lipinski definition) is 1. The molecule has 0 spiro atoms. The summed E-state index contributed by atoms with van der Waals surface area (Å²) < 4.78 is 1.68. The topological polar surface area (TPSA) is 79.7 Å². The molecule has 1 fully saturated rings. The van der Waals surface area contributed by atoms with E-state index < -0.39 is 0 Å². The molecule has 1 aliphatic heterocycles. The minimum Gasteiger partial charge on any atom is -0.354 e. The number of aromatic amines is 1. The van der Waals surface area contributed by atoms with E-state index in [1.165, 1.54) is 0 Å². The van der Waals surface area contributed by atoms with Gasteiger partial charge in [0.05, 0.1) is 22.5 Å². The number of benzene rings is 1. The van der Waals surface area contributed by atoms with Gasteiger partial charge in [0.25, 0.3) is 5.56 Å². The summed E-state index contributed by atoms with van der Waals surface area (Å²) in [5.41, 5.74) is 3.63. The molecule has 1 aliphatic rings. The number of anilines is 1. The molecular formula is C20H20N6O. The number of aromatic nitrogens is 5. The van der Waals surface area contributed by atoms with Crippen LogP contribution in [0.3, 0.4) is 0 Å². The van der Waals surface area contributed by atoms with Gasteiger partial charge in [0.15, 0.2) is 5.82 Å². The van der Waals surface area contributed by atoms with Crippen molar-refractivity contribution in [2.24, 2.45) is 7.05 Å². The van der Waals surface area contributed by atoms with Crippen LogP contribution in [-0.4, -0.2) is 31.0 Å². The van der Waals surface area contributed by atoms with Crippen molar-refractivity contribution in [3.8, 4) is 0 Å². The second-order valence-electron chi connectivity index (χ2n) is 7.11. The van der Waals surface area contributed by atoms with Gasteiger partial charge in [-0.3, -0.25) is 9.36 Å². The number of rotatable bonds is 2. The zero-order valence-electron chi connectivity index (χ0n) is 15.3. The van der Waals surface area contributed by atoms with Crippen molar-refractivity contribution < 1.29 is 0 Å². The predicted molar refractivity (Wildman–Crippen MR) is 105 cm³/mol. The van der Waals surface area contributed by atoms with Crippen molar-refractivity contribution in [3.05, 3.63) is 58.5 Å². The Kier molecular flexibility index (Phi) is 3.50. The molecule has 7 heteroatoms. The molecule has 1 unspecified atom stereocenters. The maximum atomic E-state index is 12.8. The van der Waals surface area contributed by atoms with Crippen LogP contribution in [0.5, 0.6) is 0 Å². The fourth-order valence-electron chi connectivity index (χ4n) is 4.10. The molecule has 1 saturated heterocycles. The maximum Gasteiger partial charge on any atom is 0.261 e. The Morgan fingerprint density at radius 3 is 2.93 bits per heavy atom. The third-order valence-corrected chi connectivity index (χ3v) is 5.37.